The van der Waals surface area contributed by atoms with Gasteiger partial charge in [0.05, 0.1) is 22.8 Å². The molecular formula is C13H17N3O2S. The summed E-state index contributed by atoms with van der Waals surface area (Å²) in [5.74, 6) is -0.120. The van der Waals surface area contributed by atoms with Crippen molar-refractivity contribution in [3.8, 4) is 10.6 Å². The maximum absolute atomic E-state index is 11.4. The van der Waals surface area contributed by atoms with E-state index in [0.29, 0.717) is 13.2 Å². The molecule has 2 aromatic rings. The summed E-state index contributed by atoms with van der Waals surface area (Å²) in [7, 11) is 1.90. The summed E-state index contributed by atoms with van der Waals surface area (Å²) >= 11 is 1.67. The molecule has 0 aliphatic carbocycles. The molecule has 2 heterocycles. The summed E-state index contributed by atoms with van der Waals surface area (Å²) in [4.78, 5) is 12.6. The molecule has 0 spiro atoms. The van der Waals surface area contributed by atoms with E-state index in [-0.39, 0.29) is 12.5 Å². The Hall–Kier alpha value is -1.66. The Balaban J connectivity index is 1.95. The molecule has 0 atom stereocenters. The maximum atomic E-state index is 11.4. The lowest BCUT2D eigenvalue weighted by atomic mass is 10.3. The largest absolute Gasteiger partial charge is 0.372 e. The first kappa shape index (κ1) is 13.8. The quantitative estimate of drug-likeness (QED) is 0.877. The Kier molecular flexibility index (Phi) is 4.70. The number of nitrogens with zero attached hydrogens (tertiary/aromatic N) is 2. The van der Waals surface area contributed by atoms with E-state index >= 15 is 0 Å². The van der Waals surface area contributed by atoms with Crippen molar-refractivity contribution < 1.29 is 9.53 Å². The molecule has 0 aliphatic rings. The standard InChI is InChI=1S/C13H17N3O2S/c1-3-18-9-13(17)14-8-10-7-11(16(2)15-10)12-5-4-6-19-12/h4-7H,3,8-9H2,1-2H3,(H,14,17). The van der Waals surface area contributed by atoms with Gasteiger partial charge in [0, 0.05) is 13.7 Å². The molecule has 5 nitrogen and oxygen atoms in total. The summed E-state index contributed by atoms with van der Waals surface area (Å²) < 4.78 is 6.86. The van der Waals surface area contributed by atoms with Gasteiger partial charge in [0.25, 0.3) is 0 Å². The number of aryl methyl sites for hydroxylation is 1. The van der Waals surface area contributed by atoms with Gasteiger partial charge in [0.2, 0.25) is 5.91 Å². The number of aromatic nitrogens is 2. The molecule has 1 N–H and O–H groups in total. The minimum atomic E-state index is -0.120. The van der Waals surface area contributed by atoms with Crippen LogP contribution >= 0.6 is 11.3 Å². The summed E-state index contributed by atoms with van der Waals surface area (Å²) in [6, 6.07) is 6.06. The van der Waals surface area contributed by atoms with Gasteiger partial charge in [0.1, 0.15) is 6.61 Å². The lowest BCUT2D eigenvalue weighted by Gasteiger charge is -2.02. The van der Waals surface area contributed by atoms with Crippen LogP contribution in [0.4, 0.5) is 0 Å². The molecule has 2 aromatic heterocycles. The van der Waals surface area contributed by atoms with E-state index in [9.17, 15) is 4.79 Å². The van der Waals surface area contributed by atoms with Crippen molar-refractivity contribution in [2.45, 2.75) is 13.5 Å². The summed E-state index contributed by atoms with van der Waals surface area (Å²) in [5.41, 5.74) is 1.90. The van der Waals surface area contributed by atoms with Crippen molar-refractivity contribution in [1.82, 2.24) is 15.1 Å². The molecule has 6 heteroatoms. The van der Waals surface area contributed by atoms with E-state index in [2.05, 4.69) is 16.5 Å². The smallest absolute Gasteiger partial charge is 0.246 e. The SMILES string of the molecule is CCOCC(=O)NCc1cc(-c2cccs2)n(C)n1. The van der Waals surface area contributed by atoms with Crippen molar-refractivity contribution in [3.05, 3.63) is 29.3 Å². The number of carbonyl (C=O) groups is 1. The van der Waals surface area contributed by atoms with Crippen molar-refractivity contribution in [3.63, 3.8) is 0 Å². The van der Waals surface area contributed by atoms with Crippen LogP contribution in [0.3, 0.4) is 0 Å². The van der Waals surface area contributed by atoms with Crippen LogP contribution in [0.15, 0.2) is 23.6 Å². The van der Waals surface area contributed by atoms with Crippen LogP contribution in [-0.2, 0) is 23.1 Å². The predicted octanol–water partition coefficient (Wildman–Crippen LogP) is 1.80. The topological polar surface area (TPSA) is 56.1 Å². The van der Waals surface area contributed by atoms with Gasteiger partial charge in [0.15, 0.2) is 0 Å². The van der Waals surface area contributed by atoms with Crippen molar-refractivity contribution >= 4 is 17.2 Å². The van der Waals surface area contributed by atoms with Crippen LogP contribution in [0.5, 0.6) is 0 Å². The Morgan fingerprint density at radius 1 is 1.58 bits per heavy atom. The zero-order valence-corrected chi connectivity index (χ0v) is 11.9. The molecule has 1 amide bonds. The number of hydrogen-bond acceptors (Lipinski definition) is 4. The fourth-order valence-corrected chi connectivity index (χ4v) is 2.48. The maximum Gasteiger partial charge on any atom is 0.246 e. The van der Waals surface area contributed by atoms with Crippen molar-refractivity contribution in [2.75, 3.05) is 13.2 Å². The highest BCUT2D eigenvalue weighted by atomic mass is 32.1. The third-order valence-corrected chi connectivity index (χ3v) is 3.50. The summed E-state index contributed by atoms with van der Waals surface area (Å²) in [6.07, 6.45) is 0. The Labute approximate surface area is 116 Å². The van der Waals surface area contributed by atoms with Crippen LogP contribution < -0.4 is 5.32 Å². The average molecular weight is 279 g/mol. The Morgan fingerprint density at radius 3 is 3.11 bits per heavy atom. The molecule has 0 bridgehead atoms. The van der Waals surface area contributed by atoms with Gasteiger partial charge in [-0.25, -0.2) is 0 Å². The van der Waals surface area contributed by atoms with Crippen molar-refractivity contribution in [1.29, 1.82) is 0 Å². The fraction of sp³-hybridized carbons (Fsp3) is 0.385. The van der Waals surface area contributed by atoms with Crippen LogP contribution in [0, 0.1) is 0 Å². The molecule has 2 rings (SSSR count). The minimum Gasteiger partial charge on any atom is -0.372 e. The van der Waals surface area contributed by atoms with E-state index < -0.39 is 0 Å². The number of thiophene rings is 1. The first-order valence-electron chi connectivity index (χ1n) is 6.12. The lowest BCUT2D eigenvalue weighted by molar-refractivity contribution is -0.125. The number of carbonyl (C=O) groups excluding carboxylic acids is 1. The molecule has 0 aliphatic heterocycles. The third kappa shape index (κ3) is 3.65. The lowest BCUT2D eigenvalue weighted by Crippen LogP contribution is -2.27. The normalized spacial score (nSPS) is 10.6. The minimum absolute atomic E-state index is 0.0983. The zero-order chi connectivity index (χ0) is 13.7. The first-order valence-corrected chi connectivity index (χ1v) is 7.00. The first-order chi connectivity index (χ1) is 9.20. The molecule has 0 radical (unpaired) electrons. The van der Waals surface area contributed by atoms with Gasteiger partial charge in [-0.05, 0) is 24.4 Å². The average Bonchev–Trinajstić information content (AvgIpc) is 3.02. The van der Waals surface area contributed by atoms with Crippen molar-refractivity contribution in [2.24, 2.45) is 7.05 Å². The predicted molar refractivity (Wildman–Crippen MR) is 74.9 cm³/mol. The monoisotopic (exact) mass is 279 g/mol. The van der Waals surface area contributed by atoms with E-state index in [1.54, 1.807) is 11.3 Å². The molecule has 0 saturated carbocycles. The van der Waals surface area contributed by atoms with E-state index in [1.807, 2.05) is 36.2 Å². The molecule has 0 unspecified atom stereocenters. The van der Waals surface area contributed by atoms with Crippen LogP contribution in [0.25, 0.3) is 10.6 Å². The molecular weight excluding hydrogens is 262 g/mol. The van der Waals surface area contributed by atoms with Gasteiger partial charge in [-0.3, -0.25) is 9.48 Å². The summed E-state index contributed by atoms with van der Waals surface area (Å²) in [5, 5.41) is 9.20. The Morgan fingerprint density at radius 2 is 2.42 bits per heavy atom. The highest BCUT2D eigenvalue weighted by Crippen LogP contribution is 2.24. The van der Waals surface area contributed by atoms with Crippen LogP contribution in [0.1, 0.15) is 12.6 Å². The highest BCUT2D eigenvalue weighted by Gasteiger charge is 2.09. The number of rotatable bonds is 6. The molecule has 0 fully saturated rings. The molecule has 0 aromatic carbocycles. The van der Waals surface area contributed by atoms with Gasteiger partial charge < -0.3 is 10.1 Å². The fourth-order valence-electron chi connectivity index (χ4n) is 1.70. The van der Waals surface area contributed by atoms with E-state index in [1.165, 1.54) is 4.88 Å². The zero-order valence-electron chi connectivity index (χ0n) is 11.0. The molecule has 19 heavy (non-hydrogen) atoms. The van der Waals surface area contributed by atoms with Crippen LogP contribution in [0.2, 0.25) is 0 Å². The second-order valence-corrected chi connectivity index (χ2v) is 4.98. The van der Waals surface area contributed by atoms with Gasteiger partial charge in [-0.2, -0.15) is 5.10 Å². The second-order valence-electron chi connectivity index (χ2n) is 4.04. The molecule has 0 saturated heterocycles. The van der Waals surface area contributed by atoms with E-state index in [0.717, 1.165) is 11.4 Å². The number of nitrogens with one attached hydrogen (secondary N) is 1. The second kappa shape index (κ2) is 6.49. The summed E-state index contributed by atoms with van der Waals surface area (Å²) in [6.45, 7) is 2.92. The third-order valence-electron chi connectivity index (χ3n) is 2.61. The van der Waals surface area contributed by atoms with E-state index in [4.69, 9.17) is 4.74 Å². The highest BCUT2D eigenvalue weighted by molar-refractivity contribution is 7.13. The van der Waals surface area contributed by atoms with Gasteiger partial charge in [-0.15, -0.1) is 11.3 Å². The number of amides is 1. The number of ether oxygens (including phenoxy) is 1. The molecule has 102 valence electrons. The van der Waals surface area contributed by atoms with Crippen LogP contribution in [-0.4, -0.2) is 28.9 Å². The van der Waals surface area contributed by atoms with Gasteiger partial charge >= 0.3 is 0 Å². The van der Waals surface area contributed by atoms with Gasteiger partial charge in [-0.1, -0.05) is 6.07 Å². The Bertz CT molecular complexity index is 534. The number of hydrogen-bond donors (Lipinski definition) is 1.